The third-order valence-corrected chi connectivity index (χ3v) is 3.33. The van der Waals surface area contributed by atoms with E-state index in [1.165, 1.54) is 25.7 Å². The first-order valence-electron chi connectivity index (χ1n) is 7.38. The minimum absolute atomic E-state index is 0.131. The van der Waals surface area contributed by atoms with Crippen molar-refractivity contribution >= 4 is 5.97 Å². The molecule has 0 aliphatic carbocycles. The SMILES string of the molecule is CCCCCCCCOC(=O)C(C)c1c[c]ccc1. The summed E-state index contributed by atoms with van der Waals surface area (Å²) in [5.41, 5.74) is 0.968. The van der Waals surface area contributed by atoms with Crippen LogP contribution in [0, 0.1) is 6.07 Å². The van der Waals surface area contributed by atoms with Gasteiger partial charge in [-0.1, -0.05) is 63.3 Å². The zero-order valence-electron chi connectivity index (χ0n) is 12.2. The van der Waals surface area contributed by atoms with Crippen LogP contribution in [0.4, 0.5) is 0 Å². The Hall–Kier alpha value is -1.31. The molecule has 19 heavy (non-hydrogen) atoms. The van der Waals surface area contributed by atoms with Crippen molar-refractivity contribution in [3.63, 3.8) is 0 Å². The zero-order valence-corrected chi connectivity index (χ0v) is 12.2. The number of ether oxygens (including phenoxy) is 1. The van der Waals surface area contributed by atoms with Crippen LogP contribution in [0.15, 0.2) is 24.3 Å². The monoisotopic (exact) mass is 261 g/mol. The van der Waals surface area contributed by atoms with E-state index < -0.39 is 0 Å². The van der Waals surface area contributed by atoms with Crippen LogP contribution in [0.1, 0.15) is 63.9 Å². The fourth-order valence-corrected chi connectivity index (χ4v) is 1.99. The zero-order chi connectivity index (χ0) is 13.9. The molecule has 0 bridgehead atoms. The molecule has 0 aromatic heterocycles. The van der Waals surface area contributed by atoms with Crippen molar-refractivity contribution in [1.82, 2.24) is 0 Å². The van der Waals surface area contributed by atoms with E-state index in [9.17, 15) is 4.79 Å². The summed E-state index contributed by atoms with van der Waals surface area (Å²) in [7, 11) is 0. The Bertz CT molecular complexity index is 346. The highest BCUT2D eigenvalue weighted by Crippen LogP contribution is 2.16. The molecule has 2 nitrogen and oxygen atoms in total. The molecule has 0 N–H and O–H groups in total. The molecule has 0 fully saturated rings. The molecule has 2 heteroatoms. The van der Waals surface area contributed by atoms with Crippen LogP contribution < -0.4 is 0 Å². The van der Waals surface area contributed by atoms with Gasteiger partial charge in [-0.05, 0) is 25.0 Å². The van der Waals surface area contributed by atoms with Gasteiger partial charge in [-0.2, -0.15) is 0 Å². The lowest BCUT2D eigenvalue weighted by molar-refractivity contribution is -0.145. The number of esters is 1. The molecule has 0 saturated heterocycles. The topological polar surface area (TPSA) is 26.3 Å². The van der Waals surface area contributed by atoms with E-state index in [0.29, 0.717) is 6.61 Å². The van der Waals surface area contributed by atoms with Crippen LogP contribution in [0.25, 0.3) is 0 Å². The van der Waals surface area contributed by atoms with Gasteiger partial charge < -0.3 is 4.74 Å². The molecule has 1 unspecified atom stereocenters. The number of benzene rings is 1. The number of unbranched alkanes of at least 4 members (excludes halogenated alkanes) is 5. The molecule has 105 valence electrons. The summed E-state index contributed by atoms with van der Waals surface area (Å²) in [4.78, 5) is 11.8. The Kier molecular flexibility index (Phi) is 7.95. The fraction of sp³-hybridized carbons (Fsp3) is 0.588. The van der Waals surface area contributed by atoms with Crippen LogP contribution in [-0.4, -0.2) is 12.6 Å². The van der Waals surface area contributed by atoms with Gasteiger partial charge in [0.25, 0.3) is 0 Å². The van der Waals surface area contributed by atoms with E-state index in [4.69, 9.17) is 4.74 Å². The van der Waals surface area contributed by atoms with Crippen molar-refractivity contribution < 1.29 is 9.53 Å². The highest BCUT2D eigenvalue weighted by Gasteiger charge is 2.15. The van der Waals surface area contributed by atoms with Gasteiger partial charge in [-0.3, -0.25) is 4.79 Å². The summed E-state index contributed by atoms with van der Waals surface area (Å²) in [6, 6.07) is 10.5. The van der Waals surface area contributed by atoms with E-state index in [1.807, 2.05) is 31.2 Å². The van der Waals surface area contributed by atoms with Crippen molar-refractivity contribution in [2.75, 3.05) is 6.61 Å². The second-order valence-corrected chi connectivity index (χ2v) is 4.99. The van der Waals surface area contributed by atoms with Crippen LogP contribution in [0.3, 0.4) is 0 Å². The lowest BCUT2D eigenvalue weighted by atomic mass is 10.0. The van der Waals surface area contributed by atoms with Gasteiger partial charge in [-0.15, -0.1) is 0 Å². The van der Waals surface area contributed by atoms with E-state index in [-0.39, 0.29) is 11.9 Å². The molecular formula is C17H25O2. The summed E-state index contributed by atoms with van der Waals surface area (Å²) in [5.74, 6) is -0.328. The Balaban J connectivity index is 2.14. The second-order valence-electron chi connectivity index (χ2n) is 4.99. The number of hydrogen-bond acceptors (Lipinski definition) is 2. The molecule has 0 aliphatic heterocycles. The number of hydrogen-bond donors (Lipinski definition) is 0. The maximum atomic E-state index is 11.8. The average molecular weight is 261 g/mol. The maximum absolute atomic E-state index is 11.8. The minimum atomic E-state index is -0.197. The van der Waals surface area contributed by atoms with Crippen molar-refractivity contribution in [3.8, 4) is 0 Å². The number of rotatable bonds is 9. The predicted molar refractivity (Wildman–Crippen MR) is 78.0 cm³/mol. The predicted octanol–water partition coefficient (Wildman–Crippen LogP) is 4.49. The fourth-order valence-electron chi connectivity index (χ4n) is 1.99. The van der Waals surface area contributed by atoms with Gasteiger partial charge in [0.05, 0.1) is 12.5 Å². The molecule has 0 spiro atoms. The standard InChI is InChI=1S/C17H25O2/c1-3-4-5-6-7-11-14-19-17(18)15(2)16-12-9-8-10-13-16/h8-9,12-13,15H,3-7,11,14H2,1-2H3. The summed E-state index contributed by atoms with van der Waals surface area (Å²) < 4.78 is 5.31. The van der Waals surface area contributed by atoms with Crippen molar-refractivity contribution in [2.45, 2.75) is 58.3 Å². The van der Waals surface area contributed by atoms with Crippen LogP contribution in [0.5, 0.6) is 0 Å². The first kappa shape index (κ1) is 15.7. The molecule has 0 aliphatic rings. The molecule has 0 heterocycles. The molecule has 1 aromatic rings. The van der Waals surface area contributed by atoms with Gasteiger partial charge in [0.2, 0.25) is 0 Å². The quantitative estimate of drug-likeness (QED) is 0.483. The lowest BCUT2D eigenvalue weighted by Crippen LogP contribution is -2.13. The first-order valence-corrected chi connectivity index (χ1v) is 7.38. The van der Waals surface area contributed by atoms with E-state index in [1.54, 1.807) is 0 Å². The largest absolute Gasteiger partial charge is 0.465 e. The summed E-state index contributed by atoms with van der Waals surface area (Å²) >= 11 is 0. The van der Waals surface area contributed by atoms with Crippen molar-refractivity contribution in [3.05, 3.63) is 35.9 Å². The van der Waals surface area contributed by atoms with Crippen LogP contribution >= 0.6 is 0 Å². The Morgan fingerprint density at radius 2 is 2.00 bits per heavy atom. The summed E-state index contributed by atoms with van der Waals surface area (Å²) in [6.07, 6.45) is 7.24. The minimum Gasteiger partial charge on any atom is -0.465 e. The van der Waals surface area contributed by atoms with Crippen molar-refractivity contribution in [2.24, 2.45) is 0 Å². The molecule has 1 radical (unpaired) electrons. The first-order chi connectivity index (χ1) is 9.25. The van der Waals surface area contributed by atoms with E-state index in [0.717, 1.165) is 18.4 Å². The third-order valence-electron chi connectivity index (χ3n) is 3.33. The molecular weight excluding hydrogens is 236 g/mol. The molecule has 0 saturated carbocycles. The number of carbonyl (C=O) groups is 1. The number of carbonyl (C=O) groups excluding carboxylic acids is 1. The van der Waals surface area contributed by atoms with Gasteiger partial charge in [0.15, 0.2) is 0 Å². The van der Waals surface area contributed by atoms with Crippen LogP contribution in [-0.2, 0) is 9.53 Å². The second kappa shape index (κ2) is 9.60. The van der Waals surface area contributed by atoms with E-state index >= 15 is 0 Å². The van der Waals surface area contributed by atoms with Crippen LogP contribution in [0.2, 0.25) is 0 Å². The Morgan fingerprint density at radius 3 is 2.68 bits per heavy atom. The van der Waals surface area contributed by atoms with Gasteiger partial charge in [0, 0.05) is 0 Å². The van der Waals surface area contributed by atoms with Crippen molar-refractivity contribution in [1.29, 1.82) is 0 Å². The smallest absolute Gasteiger partial charge is 0.313 e. The summed E-state index contributed by atoms with van der Waals surface area (Å²) in [5, 5.41) is 0. The molecule has 0 amide bonds. The highest BCUT2D eigenvalue weighted by atomic mass is 16.5. The molecule has 1 rings (SSSR count). The molecule has 1 aromatic carbocycles. The Morgan fingerprint density at radius 1 is 1.26 bits per heavy atom. The lowest BCUT2D eigenvalue weighted by Gasteiger charge is -2.11. The van der Waals surface area contributed by atoms with E-state index in [2.05, 4.69) is 13.0 Å². The third kappa shape index (κ3) is 6.42. The molecule has 1 atom stereocenters. The van der Waals surface area contributed by atoms with Gasteiger partial charge >= 0.3 is 5.97 Å². The normalized spacial score (nSPS) is 12.1. The van der Waals surface area contributed by atoms with Gasteiger partial charge in [0.1, 0.15) is 0 Å². The highest BCUT2D eigenvalue weighted by molar-refractivity contribution is 5.77. The van der Waals surface area contributed by atoms with Gasteiger partial charge in [-0.25, -0.2) is 0 Å². The summed E-state index contributed by atoms with van der Waals surface area (Å²) in [6.45, 7) is 4.64. The maximum Gasteiger partial charge on any atom is 0.313 e. The average Bonchev–Trinajstić information content (AvgIpc) is 2.46. The Labute approximate surface area is 117 Å².